The minimum Gasteiger partial charge on any atom is -0.454 e. The summed E-state index contributed by atoms with van der Waals surface area (Å²) in [6, 6.07) is 17.5. The minimum absolute atomic E-state index is 0. The lowest BCUT2D eigenvalue weighted by molar-refractivity contribution is -0.118. The highest BCUT2D eigenvalue weighted by Crippen LogP contribution is 2.51. The van der Waals surface area contributed by atoms with Crippen LogP contribution in [-0.4, -0.2) is 31.6 Å². The first-order chi connectivity index (χ1) is 16.6. The van der Waals surface area contributed by atoms with Crippen LogP contribution in [0.3, 0.4) is 0 Å². The Morgan fingerprint density at radius 2 is 1.71 bits per heavy atom. The Balaban J connectivity index is 0.00000190. The summed E-state index contributed by atoms with van der Waals surface area (Å²) in [5.41, 5.74) is 1.09. The van der Waals surface area contributed by atoms with Crippen LogP contribution in [0.15, 0.2) is 65.6 Å². The molecule has 0 spiro atoms. The molecule has 1 fully saturated rings. The van der Waals surface area contributed by atoms with Gasteiger partial charge in [0.1, 0.15) is 5.82 Å². The normalized spacial score (nSPS) is 16.1. The van der Waals surface area contributed by atoms with Crippen molar-refractivity contribution in [2.24, 2.45) is 0 Å². The van der Waals surface area contributed by atoms with Crippen LogP contribution in [0.25, 0.3) is 11.3 Å². The van der Waals surface area contributed by atoms with Crippen LogP contribution in [0.5, 0.6) is 11.5 Å². The Morgan fingerprint density at radius 1 is 1.00 bits per heavy atom. The molecular formula is C26H31N3O5S. The van der Waals surface area contributed by atoms with E-state index in [1.807, 2.05) is 30.3 Å². The van der Waals surface area contributed by atoms with Crippen LogP contribution in [0.4, 0.5) is 5.82 Å². The smallest absolute Gasteiger partial charge is 0.241 e. The maximum absolute atomic E-state index is 13.2. The fraction of sp³-hybridized carbons (Fsp3) is 0.308. The number of aromatic nitrogens is 1. The third-order valence-electron chi connectivity index (χ3n) is 6.00. The Bertz CT molecular complexity index is 1400. The number of ether oxygens (including phenoxy) is 2. The van der Waals surface area contributed by atoms with E-state index < -0.39 is 21.0 Å². The van der Waals surface area contributed by atoms with Gasteiger partial charge in [0.05, 0.1) is 16.0 Å². The lowest BCUT2D eigenvalue weighted by atomic mass is 9.94. The number of hydrogen-bond donors (Lipinski definition) is 2. The second-order valence-electron chi connectivity index (χ2n) is 9.89. The number of carbonyl (C=O) groups is 1. The van der Waals surface area contributed by atoms with E-state index in [4.69, 9.17) is 9.47 Å². The largest absolute Gasteiger partial charge is 0.454 e. The molecule has 0 bridgehead atoms. The maximum atomic E-state index is 13.2. The van der Waals surface area contributed by atoms with Crippen molar-refractivity contribution in [1.29, 1.82) is 0 Å². The summed E-state index contributed by atoms with van der Waals surface area (Å²) in [6.45, 7) is 5.57. The number of hydrogen-bond acceptors (Lipinski definition) is 6. The van der Waals surface area contributed by atoms with Crippen LogP contribution >= 0.6 is 0 Å². The fourth-order valence-corrected chi connectivity index (χ4v) is 5.55. The van der Waals surface area contributed by atoms with Crippen LogP contribution in [-0.2, 0) is 20.2 Å². The van der Waals surface area contributed by atoms with E-state index >= 15 is 0 Å². The summed E-state index contributed by atoms with van der Waals surface area (Å²) >= 11 is 0. The molecule has 5 rings (SSSR count). The highest BCUT2D eigenvalue weighted by Gasteiger charge is 2.51. The number of benzene rings is 2. The highest BCUT2D eigenvalue weighted by atomic mass is 32.2. The van der Waals surface area contributed by atoms with Crippen LogP contribution in [0.1, 0.15) is 42.0 Å². The lowest BCUT2D eigenvalue weighted by Crippen LogP contribution is -2.40. The van der Waals surface area contributed by atoms with Gasteiger partial charge in [-0.25, -0.2) is 18.1 Å². The number of rotatable bonds is 6. The number of anilines is 1. The van der Waals surface area contributed by atoms with Gasteiger partial charge in [-0.15, -0.1) is 0 Å². The van der Waals surface area contributed by atoms with Gasteiger partial charge in [0, 0.05) is 14.0 Å². The molecule has 0 atom stereocenters. The molecule has 1 saturated carbocycles. The highest BCUT2D eigenvalue weighted by molar-refractivity contribution is 7.89. The zero-order chi connectivity index (χ0) is 24.8. The topological polar surface area (TPSA) is 107 Å². The van der Waals surface area contributed by atoms with Crippen LogP contribution in [0.2, 0.25) is 0 Å². The van der Waals surface area contributed by atoms with Gasteiger partial charge < -0.3 is 14.8 Å². The molecule has 3 aromatic rings. The van der Waals surface area contributed by atoms with E-state index in [0.29, 0.717) is 23.0 Å². The zero-order valence-electron chi connectivity index (χ0n) is 19.8. The third kappa shape index (κ3) is 4.74. The van der Waals surface area contributed by atoms with Crippen molar-refractivity contribution < 1.29 is 25.5 Å². The average Bonchev–Trinajstić information content (AvgIpc) is 3.49. The monoisotopic (exact) mass is 497 g/mol. The van der Waals surface area contributed by atoms with Crippen molar-refractivity contribution >= 4 is 21.7 Å². The Hall–Kier alpha value is -3.43. The minimum atomic E-state index is -3.62. The SMILES string of the molecule is CC(C)(C)NS(=O)(=O)c1ccc(-c2cccc(NC(=O)C3(c4ccc5c(c4)OCO5)CC3)n2)cc1.[HH].[HH]. The van der Waals surface area contributed by atoms with Crippen molar-refractivity contribution in [3.8, 4) is 22.8 Å². The van der Waals surface area contributed by atoms with E-state index in [0.717, 1.165) is 24.0 Å². The summed E-state index contributed by atoms with van der Waals surface area (Å²) in [6.07, 6.45) is 1.49. The first kappa shape index (κ1) is 23.3. The summed E-state index contributed by atoms with van der Waals surface area (Å²) in [5, 5.41) is 2.95. The molecule has 2 aliphatic rings. The van der Waals surface area contributed by atoms with Crippen LogP contribution < -0.4 is 19.5 Å². The molecule has 2 N–H and O–H groups in total. The van der Waals surface area contributed by atoms with Gasteiger partial charge >= 0.3 is 0 Å². The van der Waals surface area contributed by atoms with E-state index in [2.05, 4.69) is 15.0 Å². The fourth-order valence-electron chi connectivity index (χ4n) is 4.13. The number of amides is 1. The molecule has 8 nitrogen and oxygen atoms in total. The van der Waals surface area contributed by atoms with Crippen molar-refractivity contribution in [2.45, 2.75) is 49.5 Å². The van der Waals surface area contributed by atoms with Gasteiger partial charge in [0.25, 0.3) is 0 Å². The zero-order valence-corrected chi connectivity index (χ0v) is 20.6. The first-order valence-corrected chi connectivity index (χ1v) is 12.9. The van der Waals surface area contributed by atoms with Gasteiger partial charge in [0.2, 0.25) is 22.7 Å². The van der Waals surface area contributed by atoms with Crippen molar-refractivity contribution in [3.63, 3.8) is 0 Å². The predicted octanol–water partition coefficient (Wildman–Crippen LogP) is 4.72. The van der Waals surface area contributed by atoms with E-state index in [9.17, 15) is 13.2 Å². The second kappa shape index (κ2) is 8.35. The molecule has 2 aromatic carbocycles. The molecule has 1 aliphatic heterocycles. The molecule has 1 aliphatic carbocycles. The van der Waals surface area contributed by atoms with Gasteiger partial charge in [-0.2, -0.15) is 0 Å². The maximum Gasteiger partial charge on any atom is 0.241 e. The molecule has 2 heterocycles. The summed E-state index contributed by atoms with van der Waals surface area (Å²) in [4.78, 5) is 18.0. The molecule has 9 heteroatoms. The third-order valence-corrected chi connectivity index (χ3v) is 7.78. The van der Waals surface area contributed by atoms with Gasteiger partial charge in [0.15, 0.2) is 11.5 Å². The van der Waals surface area contributed by atoms with Crippen LogP contribution in [0, 0.1) is 0 Å². The number of nitrogens with one attached hydrogen (secondary N) is 2. The van der Waals surface area contributed by atoms with E-state index in [1.165, 1.54) is 0 Å². The molecule has 35 heavy (non-hydrogen) atoms. The molecule has 1 aromatic heterocycles. The van der Waals surface area contributed by atoms with E-state index in [-0.39, 0.29) is 20.4 Å². The summed E-state index contributed by atoms with van der Waals surface area (Å²) in [7, 11) is -3.62. The first-order valence-electron chi connectivity index (χ1n) is 11.4. The van der Waals surface area contributed by atoms with Crippen molar-refractivity contribution in [2.75, 3.05) is 12.1 Å². The Kier molecular flexibility index (Phi) is 5.56. The standard InChI is InChI=1S/C26H27N3O5S.2H2/c1-25(2,3)29-35(31,32)19-10-7-17(8-11-19)20-5-4-6-23(27-20)28-24(30)26(13-14-26)18-9-12-21-22(15-18)34-16-33-21;;/h4-12,15,29H,13-14,16H2,1-3H3,(H,27,28,30);2*1H. The van der Waals surface area contributed by atoms with E-state index in [1.54, 1.807) is 51.1 Å². The number of nitrogens with zero attached hydrogens (tertiary/aromatic N) is 1. The molecule has 1 amide bonds. The second-order valence-corrected chi connectivity index (χ2v) is 11.6. The van der Waals surface area contributed by atoms with Crippen molar-refractivity contribution in [1.82, 2.24) is 9.71 Å². The van der Waals surface area contributed by atoms with Crippen molar-refractivity contribution in [3.05, 3.63) is 66.2 Å². The average molecular weight is 498 g/mol. The molecular weight excluding hydrogens is 466 g/mol. The van der Waals surface area contributed by atoms with Gasteiger partial charge in [-0.3, -0.25) is 4.79 Å². The molecule has 0 saturated heterocycles. The number of fused-ring (bicyclic) bond motifs is 1. The number of sulfonamides is 1. The summed E-state index contributed by atoms with van der Waals surface area (Å²) < 4.78 is 38.6. The Labute approximate surface area is 207 Å². The lowest BCUT2D eigenvalue weighted by Gasteiger charge is -2.20. The summed E-state index contributed by atoms with van der Waals surface area (Å²) in [5.74, 6) is 1.67. The van der Waals surface area contributed by atoms with Gasteiger partial charge in [-0.1, -0.05) is 24.3 Å². The molecule has 0 radical (unpaired) electrons. The Morgan fingerprint density at radius 3 is 2.40 bits per heavy atom. The number of carbonyl (C=O) groups excluding carboxylic acids is 1. The molecule has 186 valence electrons. The van der Waals surface area contributed by atoms with Gasteiger partial charge in [-0.05, 0) is 75.6 Å². The quantitative estimate of drug-likeness (QED) is 0.511. The number of pyridine rings is 1. The predicted molar refractivity (Wildman–Crippen MR) is 136 cm³/mol. The molecule has 0 unspecified atom stereocenters.